The molecule has 1 N–H and O–H groups in total. The van der Waals surface area contributed by atoms with Gasteiger partial charge in [0.05, 0.1) is 22.5 Å². The van der Waals surface area contributed by atoms with Crippen molar-refractivity contribution in [2.75, 3.05) is 38.0 Å². The summed E-state index contributed by atoms with van der Waals surface area (Å²) in [6.45, 7) is 5.75. The van der Waals surface area contributed by atoms with Crippen LogP contribution in [0.1, 0.15) is 11.1 Å². The Morgan fingerprint density at radius 2 is 1.58 bits per heavy atom. The van der Waals surface area contributed by atoms with Crippen LogP contribution in [0.5, 0.6) is 0 Å². The van der Waals surface area contributed by atoms with Crippen molar-refractivity contribution in [3.8, 4) is 0 Å². The normalized spacial score (nSPS) is 15.8. The van der Waals surface area contributed by atoms with E-state index in [2.05, 4.69) is 5.32 Å². The Labute approximate surface area is 193 Å². The topological polar surface area (TPSA) is 96.7 Å². The van der Waals surface area contributed by atoms with Crippen molar-refractivity contribution in [3.05, 3.63) is 58.0 Å². The number of rotatable bonds is 5. The van der Waals surface area contributed by atoms with E-state index in [9.17, 15) is 18.0 Å². The number of aryl methyl sites for hydroxylation is 4. The van der Waals surface area contributed by atoms with Gasteiger partial charge in [0, 0.05) is 46.0 Å². The molecule has 2 aromatic carbocycles. The molecule has 1 aliphatic heterocycles. The van der Waals surface area contributed by atoms with Crippen LogP contribution in [0.15, 0.2) is 46.1 Å². The Hall–Kier alpha value is -2.95. The number of carbonyl (C=O) groups excluding carboxylic acids is 1. The summed E-state index contributed by atoms with van der Waals surface area (Å²) in [5, 5.41) is 2.91. The highest BCUT2D eigenvalue weighted by Gasteiger charge is 2.29. The molecule has 10 heteroatoms. The first kappa shape index (κ1) is 23.2. The number of nitrogens with zero attached hydrogens (tertiary/aromatic N) is 4. The summed E-state index contributed by atoms with van der Waals surface area (Å²) in [6.07, 6.45) is 0. The highest BCUT2D eigenvalue weighted by Crippen LogP contribution is 2.22. The Morgan fingerprint density at radius 3 is 2.24 bits per heavy atom. The fourth-order valence-corrected chi connectivity index (χ4v) is 5.59. The molecule has 0 unspecified atom stereocenters. The van der Waals surface area contributed by atoms with Gasteiger partial charge in [-0.25, -0.2) is 13.2 Å². The van der Waals surface area contributed by atoms with Gasteiger partial charge in [0.1, 0.15) is 0 Å². The summed E-state index contributed by atoms with van der Waals surface area (Å²) in [5.41, 5.74) is 4.09. The number of amides is 1. The largest absolute Gasteiger partial charge is 0.328 e. The number of anilines is 1. The van der Waals surface area contributed by atoms with Gasteiger partial charge in [-0.1, -0.05) is 6.07 Å². The van der Waals surface area contributed by atoms with Gasteiger partial charge in [0.25, 0.3) is 0 Å². The van der Waals surface area contributed by atoms with Gasteiger partial charge in [-0.05, 0) is 55.3 Å². The standard InChI is InChI=1S/C23H29N5O4S/c1-16-5-6-18(13-17(16)2)24-22(29)15-27-9-11-28(12-10-27)33(31,32)19-7-8-20-21(14-19)26(4)23(30)25(20)3/h5-8,13-14H,9-12,15H2,1-4H3,(H,24,29). The molecule has 0 atom stereocenters. The Kier molecular flexibility index (Phi) is 6.17. The third-order valence-electron chi connectivity index (χ3n) is 6.37. The zero-order chi connectivity index (χ0) is 23.9. The predicted molar refractivity (Wildman–Crippen MR) is 128 cm³/mol. The second kappa shape index (κ2) is 8.77. The van der Waals surface area contributed by atoms with Crippen molar-refractivity contribution in [1.29, 1.82) is 0 Å². The minimum Gasteiger partial charge on any atom is -0.325 e. The second-order valence-electron chi connectivity index (χ2n) is 8.58. The molecule has 0 aliphatic carbocycles. The Morgan fingerprint density at radius 1 is 0.909 bits per heavy atom. The molecule has 0 bridgehead atoms. The molecule has 1 aromatic heterocycles. The number of benzene rings is 2. The molecule has 0 saturated carbocycles. The van der Waals surface area contributed by atoms with Gasteiger partial charge in [-0.15, -0.1) is 0 Å². The average molecular weight is 472 g/mol. The van der Waals surface area contributed by atoms with Crippen LogP contribution in [0.2, 0.25) is 0 Å². The second-order valence-corrected chi connectivity index (χ2v) is 10.5. The number of fused-ring (bicyclic) bond motifs is 1. The van der Waals surface area contributed by atoms with Crippen LogP contribution in [0.25, 0.3) is 11.0 Å². The number of piperazine rings is 1. The summed E-state index contributed by atoms with van der Waals surface area (Å²) in [4.78, 5) is 26.7. The van der Waals surface area contributed by atoms with Crippen LogP contribution in [0.4, 0.5) is 5.69 Å². The maximum atomic E-state index is 13.2. The molecule has 9 nitrogen and oxygen atoms in total. The monoisotopic (exact) mass is 471 g/mol. The summed E-state index contributed by atoms with van der Waals surface area (Å²) in [7, 11) is -0.413. The van der Waals surface area contributed by atoms with E-state index in [1.54, 1.807) is 32.3 Å². The molecular formula is C23H29N5O4S. The number of sulfonamides is 1. The van der Waals surface area contributed by atoms with E-state index >= 15 is 0 Å². The molecule has 1 saturated heterocycles. The van der Waals surface area contributed by atoms with Gasteiger partial charge < -0.3 is 5.32 Å². The molecule has 33 heavy (non-hydrogen) atoms. The van der Waals surface area contributed by atoms with Gasteiger partial charge in [0.2, 0.25) is 15.9 Å². The van der Waals surface area contributed by atoms with Gasteiger partial charge in [-0.3, -0.25) is 18.8 Å². The van der Waals surface area contributed by atoms with E-state index in [1.807, 2.05) is 36.9 Å². The molecule has 3 aromatic rings. The van der Waals surface area contributed by atoms with Gasteiger partial charge in [-0.2, -0.15) is 4.31 Å². The van der Waals surface area contributed by atoms with E-state index in [-0.39, 0.29) is 23.0 Å². The SMILES string of the molecule is Cc1ccc(NC(=O)CN2CCN(S(=O)(=O)c3ccc4c(c3)n(C)c(=O)n4C)CC2)cc1C. The lowest BCUT2D eigenvalue weighted by Gasteiger charge is -2.33. The lowest BCUT2D eigenvalue weighted by Crippen LogP contribution is -2.50. The van der Waals surface area contributed by atoms with Gasteiger partial charge >= 0.3 is 5.69 Å². The first-order chi connectivity index (χ1) is 15.6. The summed E-state index contributed by atoms with van der Waals surface area (Å²) >= 11 is 0. The van der Waals surface area contributed by atoms with Crippen LogP contribution in [0.3, 0.4) is 0 Å². The zero-order valence-electron chi connectivity index (χ0n) is 19.3. The van der Waals surface area contributed by atoms with E-state index in [4.69, 9.17) is 0 Å². The molecule has 0 radical (unpaired) electrons. The van der Waals surface area contributed by atoms with E-state index < -0.39 is 10.0 Å². The fraction of sp³-hybridized carbons (Fsp3) is 0.391. The van der Waals surface area contributed by atoms with Crippen LogP contribution >= 0.6 is 0 Å². The third-order valence-corrected chi connectivity index (χ3v) is 8.26. The van der Waals surface area contributed by atoms with Crippen molar-refractivity contribution in [3.63, 3.8) is 0 Å². The number of hydrogen-bond donors (Lipinski definition) is 1. The van der Waals surface area contributed by atoms with Crippen molar-refractivity contribution in [2.24, 2.45) is 14.1 Å². The molecule has 1 aliphatic rings. The summed E-state index contributed by atoms with van der Waals surface area (Å²) < 4.78 is 30.8. The number of aromatic nitrogens is 2. The minimum atomic E-state index is -3.70. The number of carbonyl (C=O) groups is 1. The zero-order valence-corrected chi connectivity index (χ0v) is 20.1. The maximum absolute atomic E-state index is 13.2. The van der Waals surface area contributed by atoms with E-state index in [0.717, 1.165) is 11.3 Å². The number of nitrogens with one attached hydrogen (secondary N) is 1. The first-order valence-electron chi connectivity index (χ1n) is 10.8. The highest BCUT2D eigenvalue weighted by molar-refractivity contribution is 7.89. The van der Waals surface area contributed by atoms with Crippen molar-refractivity contribution in [2.45, 2.75) is 18.7 Å². The maximum Gasteiger partial charge on any atom is 0.328 e. The highest BCUT2D eigenvalue weighted by atomic mass is 32.2. The number of hydrogen-bond acceptors (Lipinski definition) is 5. The molecule has 4 rings (SSSR count). The average Bonchev–Trinajstić information content (AvgIpc) is 3.00. The quantitative estimate of drug-likeness (QED) is 0.608. The van der Waals surface area contributed by atoms with Gasteiger partial charge in [0.15, 0.2) is 0 Å². The van der Waals surface area contributed by atoms with E-state index in [0.29, 0.717) is 37.2 Å². The summed E-state index contributed by atoms with van der Waals surface area (Å²) in [5.74, 6) is -0.120. The lowest BCUT2D eigenvalue weighted by atomic mass is 10.1. The minimum absolute atomic E-state index is 0.120. The molecule has 1 fully saturated rings. The first-order valence-corrected chi connectivity index (χ1v) is 12.3. The van der Waals surface area contributed by atoms with Crippen LogP contribution in [0, 0.1) is 13.8 Å². The lowest BCUT2D eigenvalue weighted by molar-refractivity contribution is -0.117. The van der Waals surface area contributed by atoms with Crippen LogP contribution < -0.4 is 11.0 Å². The Bertz CT molecular complexity index is 1380. The van der Waals surface area contributed by atoms with Crippen molar-refractivity contribution in [1.82, 2.24) is 18.3 Å². The van der Waals surface area contributed by atoms with Crippen molar-refractivity contribution >= 4 is 32.7 Å². The van der Waals surface area contributed by atoms with Crippen LogP contribution in [-0.2, 0) is 28.9 Å². The van der Waals surface area contributed by atoms with E-state index in [1.165, 1.54) is 19.0 Å². The predicted octanol–water partition coefficient (Wildman–Crippen LogP) is 1.44. The Balaban J connectivity index is 1.40. The van der Waals surface area contributed by atoms with Crippen molar-refractivity contribution < 1.29 is 13.2 Å². The molecule has 0 spiro atoms. The smallest absolute Gasteiger partial charge is 0.325 e. The number of imidazole rings is 1. The molecule has 2 heterocycles. The molecular weight excluding hydrogens is 442 g/mol. The fourth-order valence-electron chi connectivity index (χ4n) is 4.15. The van der Waals surface area contributed by atoms with Crippen LogP contribution in [-0.4, -0.2) is 65.4 Å². The molecule has 176 valence electrons. The molecule has 1 amide bonds. The third kappa shape index (κ3) is 4.46. The summed E-state index contributed by atoms with van der Waals surface area (Å²) in [6, 6.07) is 10.5.